The largest absolute Gasteiger partial charge is 0.430 e. The second-order valence-electron chi connectivity index (χ2n) is 4.17. The summed E-state index contributed by atoms with van der Waals surface area (Å²) in [5.74, 6) is -0.147. The van der Waals surface area contributed by atoms with E-state index in [-0.39, 0.29) is 23.2 Å². The van der Waals surface area contributed by atoms with Crippen LogP contribution >= 0.6 is 15.9 Å². The standard InChI is InChI=1S/C13H11BrN4O3/c1-7-5-6-17-13(10(7)12(15)16)21-11-8(14)3-2-4-9(11)18(19)20/h2-6H,1H3,(H3,15,16). The highest BCUT2D eigenvalue weighted by Crippen LogP contribution is 2.38. The maximum Gasteiger partial charge on any atom is 0.312 e. The van der Waals surface area contributed by atoms with Crippen LogP contribution in [0.5, 0.6) is 11.6 Å². The number of amidine groups is 1. The summed E-state index contributed by atoms with van der Waals surface area (Å²) in [5, 5.41) is 18.7. The number of para-hydroxylation sites is 1. The SMILES string of the molecule is Cc1ccnc(Oc2c(Br)cccc2[N+](=O)[O-])c1C(=N)N. The number of nitrogens with one attached hydrogen (secondary N) is 1. The Hall–Kier alpha value is -2.48. The number of hydrogen-bond acceptors (Lipinski definition) is 5. The van der Waals surface area contributed by atoms with E-state index in [0.717, 1.165) is 0 Å². The molecule has 0 aliphatic heterocycles. The number of benzene rings is 1. The zero-order valence-corrected chi connectivity index (χ0v) is 12.5. The van der Waals surface area contributed by atoms with Crippen LogP contribution < -0.4 is 10.5 Å². The summed E-state index contributed by atoms with van der Waals surface area (Å²) in [5.41, 5.74) is 6.32. The summed E-state index contributed by atoms with van der Waals surface area (Å²) in [7, 11) is 0. The summed E-state index contributed by atoms with van der Waals surface area (Å²) in [4.78, 5) is 14.5. The number of nitro groups is 1. The monoisotopic (exact) mass is 350 g/mol. The van der Waals surface area contributed by atoms with Gasteiger partial charge in [-0.05, 0) is 40.5 Å². The zero-order valence-electron chi connectivity index (χ0n) is 11.0. The maximum atomic E-state index is 11.1. The Kier molecular flexibility index (Phi) is 4.18. The minimum atomic E-state index is -0.552. The number of halogens is 1. The fourth-order valence-corrected chi connectivity index (χ4v) is 2.21. The van der Waals surface area contributed by atoms with E-state index >= 15 is 0 Å². The predicted octanol–water partition coefficient (Wildman–Crippen LogP) is 3.14. The van der Waals surface area contributed by atoms with Crippen molar-refractivity contribution in [2.24, 2.45) is 5.73 Å². The molecule has 0 unspecified atom stereocenters. The molecular weight excluding hydrogens is 340 g/mol. The molecule has 0 fully saturated rings. The summed E-state index contributed by atoms with van der Waals surface area (Å²) in [6, 6.07) is 6.15. The van der Waals surface area contributed by atoms with Crippen LogP contribution in [-0.2, 0) is 0 Å². The van der Waals surface area contributed by atoms with Gasteiger partial charge in [-0.1, -0.05) is 6.07 Å². The molecule has 7 nitrogen and oxygen atoms in total. The summed E-state index contributed by atoms with van der Waals surface area (Å²) >= 11 is 3.21. The van der Waals surface area contributed by atoms with Crippen molar-refractivity contribution in [3.05, 3.63) is 56.2 Å². The van der Waals surface area contributed by atoms with Crippen molar-refractivity contribution < 1.29 is 9.66 Å². The molecule has 108 valence electrons. The van der Waals surface area contributed by atoms with Crippen LogP contribution in [0.4, 0.5) is 5.69 Å². The number of rotatable bonds is 4. The molecule has 0 saturated heterocycles. The van der Waals surface area contributed by atoms with E-state index in [0.29, 0.717) is 15.6 Å². The van der Waals surface area contributed by atoms with Crippen molar-refractivity contribution in [1.29, 1.82) is 5.41 Å². The quantitative estimate of drug-likeness (QED) is 0.380. The van der Waals surface area contributed by atoms with Gasteiger partial charge in [-0.2, -0.15) is 0 Å². The fraction of sp³-hybridized carbons (Fsp3) is 0.0769. The molecule has 1 aromatic heterocycles. The number of nitrogens with zero attached hydrogens (tertiary/aromatic N) is 2. The fourth-order valence-electron chi connectivity index (χ4n) is 1.78. The molecule has 2 rings (SSSR count). The first-order chi connectivity index (χ1) is 9.91. The molecule has 0 radical (unpaired) electrons. The van der Waals surface area contributed by atoms with E-state index in [2.05, 4.69) is 20.9 Å². The number of nitrogens with two attached hydrogens (primary N) is 1. The molecule has 1 heterocycles. The number of ether oxygens (including phenoxy) is 1. The van der Waals surface area contributed by atoms with Crippen molar-refractivity contribution >= 4 is 27.5 Å². The number of nitrogen functional groups attached to an aromatic ring is 1. The minimum absolute atomic E-state index is 0.0168. The molecule has 2 aromatic rings. The lowest BCUT2D eigenvalue weighted by molar-refractivity contribution is -0.385. The summed E-state index contributed by atoms with van der Waals surface area (Å²) < 4.78 is 5.97. The van der Waals surface area contributed by atoms with Crippen LogP contribution in [0, 0.1) is 22.4 Å². The Bertz CT molecular complexity index is 733. The number of aryl methyl sites for hydroxylation is 1. The van der Waals surface area contributed by atoms with Crippen molar-refractivity contribution in [3.8, 4) is 11.6 Å². The van der Waals surface area contributed by atoms with Crippen LogP contribution in [-0.4, -0.2) is 15.7 Å². The Balaban J connectivity index is 2.56. The topological polar surface area (TPSA) is 115 Å². The molecular formula is C13H11BrN4O3. The highest BCUT2D eigenvalue weighted by Gasteiger charge is 2.21. The molecule has 1 aromatic carbocycles. The molecule has 0 aliphatic carbocycles. The summed E-state index contributed by atoms with van der Waals surface area (Å²) in [6.45, 7) is 1.75. The average Bonchev–Trinajstić information content (AvgIpc) is 2.40. The Morgan fingerprint density at radius 1 is 1.48 bits per heavy atom. The van der Waals surface area contributed by atoms with Gasteiger partial charge in [-0.3, -0.25) is 15.5 Å². The third kappa shape index (κ3) is 3.00. The van der Waals surface area contributed by atoms with Gasteiger partial charge in [0.05, 0.1) is 15.0 Å². The molecule has 0 amide bonds. The molecule has 0 aliphatic rings. The average molecular weight is 351 g/mol. The van der Waals surface area contributed by atoms with Gasteiger partial charge in [0.25, 0.3) is 0 Å². The first-order valence-electron chi connectivity index (χ1n) is 5.82. The van der Waals surface area contributed by atoms with Gasteiger partial charge in [0.15, 0.2) is 0 Å². The van der Waals surface area contributed by atoms with Crippen LogP contribution in [0.25, 0.3) is 0 Å². The highest BCUT2D eigenvalue weighted by molar-refractivity contribution is 9.10. The molecule has 0 bridgehead atoms. The third-order valence-corrected chi connectivity index (χ3v) is 3.36. The lowest BCUT2D eigenvalue weighted by Crippen LogP contribution is -2.15. The third-order valence-electron chi connectivity index (χ3n) is 2.74. The van der Waals surface area contributed by atoms with Crippen LogP contribution in [0.2, 0.25) is 0 Å². The van der Waals surface area contributed by atoms with Crippen molar-refractivity contribution in [1.82, 2.24) is 4.98 Å². The first-order valence-corrected chi connectivity index (χ1v) is 6.62. The molecule has 3 N–H and O–H groups in total. The second kappa shape index (κ2) is 5.88. The zero-order chi connectivity index (χ0) is 15.6. The van der Waals surface area contributed by atoms with Gasteiger partial charge in [0.2, 0.25) is 11.6 Å². The van der Waals surface area contributed by atoms with Crippen LogP contribution in [0.15, 0.2) is 34.9 Å². The Morgan fingerprint density at radius 2 is 2.19 bits per heavy atom. The minimum Gasteiger partial charge on any atom is -0.430 e. The first kappa shape index (κ1) is 14.9. The van der Waals surface area contributed by atoms with Crippen molar-refractivity contribution in [2.45, 2.75) is 6.92 Å². The van der Waals surface area contributed by atoms with Crippen molar-refractivity contribution in [3.63, 3.8) is 0 Å². The lowest BCUT2D eigenvalue weighted by atomic mass is 10.1. The molecule has 0 atom stereocenters. The molecule has 8 heteroatoms. The normalized spacial score (nSPS) is 10.2. The lowest BCUT2D eigenvalue weighted by Gasteiger charge is -2.12. The van der Waals surface area contributed by atoms with E-state index in [4.69, 9.17) is 15.9 Å². The van der Waals surface area contributed by atoms with Crippen LogP contribution in [0.3, 0.4) is 0 Å². The maximum absolute atomic E-state index is 11.1. The number of nitro benzene ring substituents is 1. The van der Waals surface area contributed by atoms with Crippen LogP contribution in [0.1, 0.15) is 11.1 Å². The summed E-state index contributed by atoms with van der Waals surface area (Å²) in [6.07, 6.45) is 1.49. The second-order valence-corrected chi connectivity index (χ2v) is 5.02. The smallest absolute Gasteiger partial charge is 0.312 e. The highest BCUT2D eigenvalue weighted by atomic mass is 79.9. The molecule has 21 heavy (non-hydrogen) atoms. The Morgan fingerprint density at radius 3 is 2.81 bits per heavy atom. The van der Waals surface area contributed by atoms with Gasteiger partial charge in [0.1, 0.15) is 5.84 Å². The van der Waals surface area contributed by atoms with E-state index < -0.39 is 4.92 Å². The molecule has 0 saturated carbocycles. The van der Waals surface area contributed by atoms with E-state index in [1.165, 1.54) is 18.3 Å². The van der Waals surface area contributed by atoms with E-state index in [1.54, 1.807) is 19.1 Å². The molecule has 0 spiro atoms. The van der Waals surface area contributed by atoms with Gasteiger partial charge in [-0.15, -0.1) is 0 Å². The van der Waals surface area contributed by atoms with E-state index in [9.17, 15) is 10.1 Å². The number of pyridine rings is 1. The number of hydrogen-bond donors (Lipinski definition) is 2. The van der Waals surface area contributed by atoms with E-state index in [1.807, 2.05) is 0 Å². The predicted molar refractivity (Wildman–Crippen MR) is 80.9 cm³/mol. The van der Waals surface area contributed by atoms with Gasteiger partial charge in [0, 0.05) is 12.3 Å². The van der Waals surface area contributed by atoms with Gasteiger partial charge < -0.3 is 10.5 Å². The Labute approximate surface area is 128 Å². The van der Waals surface area contributed by atoms with Crippen molar-refractivity contribution in [2.75, 3.05) is 0 Å². The van der Waals surface area contributed by atoms with Gasteiger partial charge in [-0.25, -0.2) is 4.98 Å². The number of aromatic nitrogens is 1. The van der Waals surface area contributed by atoms with Gasteiger partial charge >= 0.3 is 5.69 Å².